The number of alkyl halides is 1. The molecule has 1 fully saturated rings. The van der Waals surface area contributed by atoms with Gasteiger partial charge in [-0.25, -0.2) is 12.7 Å². The smallest absolute Gasteiger partial charge is 0.235 e. The fraction of sp³-hybridized carbons (Fsp3) is 0.875. The minimum atomic E-state index is -3.15. The van der Waals surface area contributed by atoms with Crippen molar-refractivity contribution in [3.63, 3.8) is 0 Å². The molecule has 5 nitrogen and oxygen atoms in total. The first kappa shape index (κ1) is 12.7. The number of carbonyl (C=O) groups excluding carboxylic acids is 1. The Morgan fingerprint density at radius 3 is 2.80 bits per heavy atom. The summed E-state index contributed by atoms with van der Waals surface area (Å²) in [6, 6.07) is -0.111. The minimum absolute atomic E-state index is 0.0879. The molecule has 1 saturated heterocycles. The molecule has 0 aliphatic carbocycles. The largest absolute Gasteiger partial charge is 0.351 e. The maximum absolute atomic E-state index is 11.3. The van der Waals surface area contributed by atoms with Crippen molar-refractivity contribution in [2.45, 2.75) is 18.9 Å². The first-order valence-electron chi connectivity index (χ1n) is 4.74. The van der Waals surface area contributed by atoms with Gasteiger partial charge in [-0.1, -0.05) is 0 Å². The number of sulfonamides is 1. The van der Waals surface area contributed by atoms with Gasteiger partial charge >= 0.3 is 0 Å². The van der Waals surface area contributed by atoms with E-state index in [0.29, 0.717) is 13.1 Å². The van der Waals surface area contributed by atoms with Crippen molar-refractivity contribution in [3.05, 3.63) is 0 Å². The number of hydrogen-bond donors (Lipinski definition) is 1. The number of piperidine rings is 1. The van der Waals surface area contributed by atoms with Crippen LogP contribution in [0.4, 0.5) is 0 Å². The van der Waals surface area contributed by atoms with Gasteiger partial charge in [-0.3, -0.25) is 4.79 Å². The molecule has 1 heterocycles. The summed E-state index contributed by atoms with van der Waals surface area (Å²) in [5.74, 6) is -0.341. The second-order valence-electron chi connectivity index (χ2n) is 3.66. The van der Waals surface area contributed by atoms with Crippen molar-refractivity contribution in [3.8, 4) is 0 Å². The molecule has 1 aliphatic heterocycles. The van der Waals surface area contributed by atoms with Crippen molar-refractivity contribution in [2.24, 2.45) is 0 Å². The van der Waals surface area contributed by atoms with Gasteiger partial charge in [0.25, 0.3) is 0 Å². The van der Waals surface area contributed by atoms with Crippen molar-refractivity contribution < 1.29 is 13.2 Å². The Morgan fingerprint density at radius 2 is 2.27 bits per heavy atom. The first-order valence-corrected chi connectivity index (χ1v) is 7.12. The standard InChI is InChI=1S/C8H15ClN2O3S/c1-15(13,14)11-4-2-3-7(6-11)10-8(12)5-9/h7H,2-6H2,1H3,(H,10,12)/t7-/m1/s1. The Bertz CT molecular complexity index is 331. The molecule has 1 amide bonds. The van der Waals surface area contributed by atoms with Crippen molar-refractivity contribution >= 4 is 27.5 Å². The lowest BCUT2D eigenvalue weighted by Gasteiger charge is -2.31. The van der Waals surface area contributed by atoms with Gasteiger partial charge in [0.2, 0.25) is 15.9 Å². The molecule has 1 atom stereocenters. The highest BCUT2D eigenvalue weighted by molar-refractivity contribution is 7.88. The molecule has 0 saturated carbocycles. The van der Waals surface area contributed by atoms with Gasteiger partial charge in [0.1, 0.15) is 5.88 Å². The van der Waals surface area contributed by atoms with Crippen LogP contribution in [-0.4, -0.2) is 49.9 Å². The van der Waals surface area contributed by atoms with E-state index in [2.05, 4.69) is 5.32 Å². The number of halogens is 1. The number of rotatable bonds is 3. The lowest BCUT2D eigenvalue weighted by molar-refractivity contribution is -0.119. The Balaban J connectivity index is 2.53. The van der Waals surface area contributed by atoms with Gasteiger partial charge in [0.15, 0.2) is 0 Å². The summed E-state index contributed by atoms with van der Waals surface area (Å²) < 4.78 is 23.9. The monoisotopic (exact) mass is 254 g/mol. The molecule has 1 N–H and O–H groups in total. The SMILES string of the molecule is CS(=O)(=O)N1CCC[C@@H](NC(=O)CCl)C1. The van der Waals surface area contributed by atoms with E-state index >= 15 is 0 Å². The fourth-order valence-corrected chi connectivity index (χ4v) is 2.62. The fourth-order valence-electron chi connectivity index (χ4n) is 1.63. The summed E-state index contributed by atoms with van der Waals surface area (Å²) >= 11 is 5.35. The summed E-state index contributed by atoms with van der Waals surface area (Å²) in [6.07, 6.45) is 2.74. The molecule has 15 heavy (non-hydrogen) atoms. The molecular weight excluding hydrogens is 240 g/mol. The Labute approximate surface area is 94.8 Å². The molecule has 0 aromatic heterocycles. The number of hydrogen-bond acceptors (Lipinski definition) is 3. The van der Waals surface area contributed by atoms with Crippen LogP contribution < -0.4 is 5.32 Å². The Morgan fingerprint density at radius 1 is 1.60 bits per heavy atom. The van der Waals surface area contributed by atoms with E-state index < -0.39 is 10.0 Å². The summed E-state index contributed by atoms with van der Waals surface area (Å²) in [5.41, 5.74) is 0. The zero-order valence-electron chi connectivity index (χ0n) is 8.57. The highest BCUT2D eigenvalue weighted by Gasteiger charge is 2.26. The molecule has 0 bridgehead atoms. The Kier molecular flexibility index (Phi) is 4.36. The average molecular weight is 255 g/mol. The molecule has 0 spiro atoms. The van der Waals surface area contributed by atoms with Crippen LogP contribution in [0.3, 0.4) is 0 Å². The van der Waals surface area contributed by atoms with Gasteiger partial charge < -0.3 is 5.32 Å². The van der Waals surface area contributed by atoms with Gasteiger partial charge in [-0.2, -0.15) is 0 Å². The Hall–Kier alpha value is -0.330. The third kappa shape index (κ3) is 3.96. The third-order valence-corrected chi connectivity index (χ3v) is 3.85. The van der Waals surface area contributed by atoms with Gasteiger partial charge in [0.05, 0.1) is 6.26 Å². The number of carbonyl (C=O) groups is 1. The highest BCUT2D eigenvalue weighted by atomic mass is 35.5. The topological polar surface area (TPSA) is 66.5 Å². The summed E-state index contributed by atoms with van der Waals surface area (Å²) in [6.45, 7) is 0.882. The molecule has 0 aromatic carbocycles. The van der Waals surface area contributed by atoms with Crippen molar-refractivity contribution in [1.29, 1.82) is 0 Å². The van der Waals surface area contributed by atoms with Crippen LogP contribution in [0.5, 0.6) is 0 Å². The quantitative estimate of drug-likeness (QED) is 0.708. The van der Waals surface area contributed by atoms with E-state index in [1.807, 2.05) is 0 Å². The van der Waals surface area contributed by atoms with Crippen LogP contribution in [0.15, 0.2) is 0 Å². The van der Waals surface area contributed by atoms with E-state index in [1.165, 1.54) is 10.6 Å². The minimum Gasteiger partial charge on any atom is -0.351 e. The van der Waals surface area contributed by atoms with Crippen LogP contribution in [0, 0.1) is 0 Å². The second-order valence-corrected chi connectivity index (χ2v) is 5.91. The third-order valence-electron chi connectivity index (χ3n) is 2.34. The zero-order valence-corrected chi connectivity index (χ0v) is 10.1. The van der Waals surface area contributed by atoms with Gasteiger partial charge in [0, 0.05) is 19.1 Å². The number of nitrogens with one attached hydrogen (secondary N) is 1. The van der Waals surface area contributed by atoms with E-state index in [0.717, 1.165) is 12.8 Å². The van der Waals surface area contributed by atoms with Crippen molar-refractivity contribution in [2.75, 3.05) is 25.2 Å². The van der Waals surface area contributed by atoms with E-state index in [-0.39, 0.29) is 17.8 Å². The van der Waals surface area contributed by atoms with E-state index in [4.69, 9.17) is 11.6 Å². The number of nitrogens with zero attached hydrogens (tertiary/aromatic N) is 1. The van der Waals surface area contributed by atoms with Crippen LogP contribution >= 0.6 is 11.6 Å². The maximum atomic E-state index is 11.3. The van der Waals surface area contributed by atoms with Gasteiger partial charge in [-0.05, 0) is 12.8 Å². The second kappa shape index (κ2) is 5.14. The average Bonchev–Trinajstić information content (AvgIpc) is 2.17. The lowest BCUT2D eigenvalue weighted by Crippen LogP contribution is -2.49. The van der Waals surface area contributed by atoms with Crippen LogP contribution in [-0.2, 0) is 14.8 Å². The molecule has 1 aliphatic rings. The molecule has 0 aromatic rings. The predicted molar refractivity (Wildman–Crippen MR) is 58.3 cm³/mol. The molecule has 0 radical (unpaired) electrons. The molecule has 1 rings (SSSR count). The van der Waals surface area contributed by atoms with Crippen molar-refractivity contribution in [1.82, 2.24) is 9.62 Å². The predicted octanol–water partition coefficient (Wildman–Crippen LogP) is -0.235. The summed E-state index contributed by atoms with van der Waals surface area (Å²) in [5, 5.41) is 2.69. The lowest BCUT2D eigenvalue weighted by atomic mass is 10.1. The van der Waals surface area contributed by atoms with Crippen LogP contribution in [0.2, 0.25) is 0 Å². The molecule has 7 heteroatoms. The molecule has 0 unspecified atom stereocenters. The molecule has 88 valence electrons. The number of amides is 1. The first-order chi connectivity index (χ1) is 6.93. The van der Waals surface area contributed by atoms with Crippen LogP contribution in [0.25, 0.3) is 0 Å². The normalized spacial score (nSPS) is 23.7. The summed E-state index contributed by atoms with van der Waals surface area (Å²) in [4.78, 5) is 11.0. The maximum Gasteiger partial charge on any atom is 0.235 e. The summed E-state index contributed by atoms with van der Waals surface area (Å²) in [7, 11) is -3.15. The van der Waals surface area contributed by atoms with E-state index in [1.54, 1.807) is 0 Å². The zero-order chi connectivity index (χ0) is 11.5. The van der Waals surface area contributed by atoms with E-state index in [9.17, 15) is 13.2 Å². The molecular formula is C8H15ClN2O3S. The van der Waals surface area contributed by atoms with Gasteiger partial charge in [-0.15, -0.1) is 11.6 Å². The van der Waals surface area contributed by atoms with Crippen LogP contribution in [0.1, 0.15) is 12.8 Å². The highest BCUT2D eigenvalue weighted by Crippen LogP contribution is 2.12.